The highest BCUT2D eigenvalue weighted by molar-refractivity contribution is 7.89. The molecule has 0 unspecified atom stereocenters. The third-order valence-electron chi connectivity index (χ3n) is 2.61. The van der Waals surface area contributed by atoms with Crippen LogP contribution in [0.4, 0.5) is 0 Å². The van der Waals surface area contributed by atoms with E-state index in [-0.39, 0.29) is 17.7 Å². The molecule has 2 N–H and O–H groups in total. The fraction of sp³-hybridized carbons (Fsp3) is 1.00. The molecular formula is C10H21NO3S. The first-order valence-corrected chi connectivity index (χ1v) is 7.24. The van der Waals surface area contributed by atoms with Gasteiger partial charge in [-0.1, -0.05) is 26.7 Å². The van der Waals surface area contributed by atoms with E-state index in [1.807, 2.05) is 13.8 Å². The molecule has 0 bridgehead atoms. The first kappa shape index (κ1) is 12.9. The summed E-state index contributed by atoms with van der Waals surface area (Å²) in [6.45, 7) is 3.74. The maximum Gasteiger partial charge on any atom is 0.212 e. The van der Waals surface area contributed by atoms with Crippen LogP contribution in [0.25, 0.3) is 0 Å². The summed E-state index contributed by atoms with van der Waals surface area (Å²) in [6.07, 6.45) is 2.92. The van der Waals surface area contributed by atoms with Crippen molar-refractivity contribution in [1.82, 2.24) is 4.72 Å². The second-order valence-corrected chi connectivity index (χ2v) is 6.55. The summed E-state index contributed by atoms with van der Waals surface area (Å²) in [7, 11) is -3.22. The minimum atomic E-state index is -3.22. The van der Waals surface area contributed by atoms with Crippen molar-refractivity contribution < 1.29 is 13.5 Å². The maximum atomic E-state index is 11.6. The summed E-state index contributed by atoms with van der Waals surface area (Å²) >= 11 is 0. The molecule has 1 rings (SSSR count). The number of aliphatic hydroxyl groups excluding tert-OH is 1. The fourth-order valence-corrected chi connectivity index (χ4v) is 3.68. The van der Waals surface area contributed by atoms with Gasteiger partial charge < -0.3 is 5.11 Å². The lowest BCUT2D eigenvalue weighted by Gasteiger charge is -2.28. The van der Waals surface area contributed by atoms with Crippen LogP contribution in [-0.2, 0) is 10.0 Å². The molecule has 0 aliphatic heterocycles. The summed E-state index contributed by atoms with van der Waals surface area (Å²) in [4.78, 5) is 0. The standard InChI is InChI=1S/C10H21NO3S/c1-8(2)7-15(13,14)11-9-5-3-4-6-10(9)12/h8-12H,3-7H2,1-2H3/t9-,10-/m0/s1. The number of nitrogens with one attached hydrogen (secondary N) is 1. The van der Waals surface area contributed by atoms with Crippen molar-refractivity contribution in [3.8, 4) is 0 Å². The highest BCUT2D eigenvalue weighted by Crippen LogP contribution is 2.19. The molecule has 0 aromatic heterocycles. The topological polar surface area (TPSA) is 66.4 Å². The number of rotatable bonds is 4. The van der Waals surface area contributed by atoms with Crippen LogP contribution in [-0.4, -0.2) is 31.4 Å². The minimum absolute atomic E-state index is 0.114. The quantitative estimate of drug-likeness (QED) is 0.759. The molecule has 2 atom stereocenters. The Hall–Kier alpha value is -0.130. The number of hydrogen-bond acceptors (Lipinski definition) is 3. The number of sulfonamides is 1. The van der Waals surface area contributed by atoms with Crippen LogP contribution in [0.1, 0.15) is 39.5 Å². The lowest BCUT2D eigenvalue weighted by Crippen LogP contribution is -2.46. The van der Waals surface area contributed by atoms with E-state index in [2.05, 4.69) is 4.72 Å². The predicted molar refractivity (Wildman–Crippen MR) is 60.0 cm³/mol. The van der Waals surface area contributed by atoms with Crippen LogP contribution in [0.2, 0.25) is 0 Å². The largest absolute Gasteiger partial charge is 0.391 e. The molecule has 15 heavy (non-hydrogen) atoms. The number of hydrogen-bond donors (Lipinski definition) is 2. The van der Waals surface area contributed by atoms with Crippen molar-refractivity contribution in [2.24, 2.45) is 5.92 Å². The fourth-order valence-electron chi connectivity index (χ4n) is 1.97. The van der Waals surface area contributed by atoms with Gasteiger partial charge in [-0.2, -0.15) is 0 Å². The molecular weight excluding hydrogens is 214 g/mol. The van der Waals surface area contributed by atoms with E-state index in [4.69, 9.17) is 0 Å². The van der Waals surface area contributed by atoms with Gasteiger partial charge >= 0.3 is 0 Å². The highest BCUT2D eigenvalue weighted by atomic mass is 32.2. The predicted octanol–water partition coefficient (Wildman–Crippen LogP) is 0.865. The van der Waals surface area contributed by atoms with Crippen molar-refractivity contribution in [3.05, 3.63) is 0 Å². The Balaban J connectivity index is 2.52. The van der Waals surface area contributed by atoms with Crippen molar-refractivity contribution in [2.75, 3.05) is 5.75 Å². The van der Waals surface area contributed by atoms with Crippen LogP contribution in [0.5, 0.6) is 0 Å². The molecule has 0 aromatic carbocycles. The van der Waals surface area contributed by atoms with Crippen molar-refractivity contribution in [3.63, 3.8) is 0 Å². The molecule has 5 heteroatoms. The van der Waals surface area contributed by atoms with Crippen LogP contribution >= 0.6 is 0 Å². The Bertz CT molecular complexity index is 287. The lowest BCUT2D eigenvalue weighted by molar-refractivity contribution is 0.101. The van der Waals surface area contributed by atoms with E-state index in [1.165, 1.54) is 0 Å². The smallest absolute Gasteiger partial charge is 0.212 e. The molecule has 0 aromatic rings. The van der Waals surface area contributed by atoms with Crippen LogP contribution in [0.3, 0.4) is 0 Å². The number of aliphatic hydroxyl groups is 1. The van der Waals surface area contributed by atoms with Gasteiger partial charge in [0.1, 0.15) is 0 Å². The summed E-state index contributed by atoms with van der Waals surface area (Å²) in [5.41, 5.74) is 0. The molecule has 0 saturated heterocycles. The molecule has 0 radical (unpaired) electrons. The second kappa shape index (κ2) is 5.27. The van der Waals surface area contributed by atoms with Gasteiger partial charge in [0.05, 0.1) is 11.9 Å². The van der Waals surface area contributed by atoms with E-state index < -0.39 is 16.1 Å². The Morgan fingerprint density at radius 3 is 2.47 bits per heavy atom. The summed E-state index contributed by atoms with van der Waals surface area (Å²) in [6, 6.07) is -0.275. The molecule has 0 heterocycles. The van der Waals surface area contributed by atoms with Gasteiger partial charge in [0.2, 0.25) is 10.0 Å². The monoisotopic (exact) mass is 235 g/mol. The first-order chi connectivity index (χ1) is 6.91. The van der Waals surface area contributed by atoms with Crippen LogP contribution < -0.4 is 4.72 Å². The average molecular weight is 235 g/mol. The van der Waals surface area contributed by atoms with Crippen LogP contribution in [0.15, 0.2) is 0 Å². The maximum absolute atomic E-state index is 11.6. The van der Waals surface area contributed by atoms with E-state index in [9.17, 15) is 13.5 Å². The Morgan fingerprint density at radius 2 is 1.93 bits per heavy atom. The SMILES string of the molecule is CC(C)CS(=O)(=O)N[C@H]1CCCC[C@@H]1O. The normalized spacial score (nSPS) is 28.3. The van der Waals surface area contributed by atoms with E-state index in [0.717, 1.165) is 19.3 Å². The van der Waals surface area contributed by atoms with Gasteiger partial charge in [-0.3, -0.25) is 0 Å². The van der Waals surface area contributed by atoms with Gasteiger partial charge in [-0.05, 0) is 18.8 Å². The molecule has 0 spiro atoms. The third-order valence-corrected chi connectivity index (χ3v) is 4.38. The Kier molecular flexibility index (Phi) is 4.55. The summed E-state index contributed by atoms with van der Waals surface area (Å²) in [5.74, 6) is 0.249. The van der Waals surface area contributed by atoms with Gasteiger partial charge in [0.15, 0.2) is 0 Å². The van der Waals surface area contributed by atoms with E-state index >= 15 is 0 Å². The van der Waals surface area contributed by atoms with Gasteiger partial charge in [0, 0.05) is 6.04 Å². The van der Waals surface area contributed by atoms with Gasteiger partial charge in [-0.25, -0.2) is 13.1 Å². The molecule has 1 fully saturated rings. The third kappa shape index (κ3) is 4.49. The minimum Gasteiger partial charge on any atom is -0.391 e. The van der Waals surface area contributed by atoms with Crippen molar-refractivity contribution in [1.29, 1.82) is 0 Å². The lowest BCUT2D eigenvalue weighted by atomic mass is 9.93. The zero-order chi connectivity index (χ0) is 11.5. The summed E-state index contributed by atoms with van der Waals surface area (Å²) in [5, 5.41) is 9.64. The highest BCUT2D eigenvalue weighted by Gasteiger charge is 2.27. The van der Waals surface area contributed by atoms with Crippen LogP contribution in [0, 0.1) is 5.92 Å². The molecule has 1 aliphatic carbocycles. The zero-order valence-corrected chi connectivity index (χ0v) is 10.3. The van der Waals surface area contributed by atoms with Gasteiger partial charge in [-0.15, -0.1) is 0 Å². The molecule has 4 nitrogen and oxygen atoms in total. The average Bonchev–Trinajstić information content (AvgIpc) is 2.06. The first-order valence-electron chi connectivity index (χ1n) is 5.59. The Labute approximate surface area is 92.1 Å². The molecule has 90 valence electrons. The Morgan fingerprint density at radius 1 is 1.33 bits per heavy atom. The molecule has 1 aliphatic rings. The molecule has 1 saturated carbocycles. The second-order valence-electron chi connectivity index (χ2n) is 4.75. The van der Waals surface area contributed by atoms with Crippen molar-refractivity contribution in [2.45, 2.75) is 51.7 Å². The van der Waals surface area contributed by atoms with E-state index in [1.54, 1.807) is 0 Å². The zero-order valence-electron chi connectivity index (χ0n) is 9.44. The van der Waals surface area contributed by atoms with E-state index in [0.29, 0.717) is 6.42 Å². The molecule has 0 amide bonds. The summed E-state index contributed by atoms with van der Waals surface area (Å²) < 4.78 is 25.9. The van der Waals surface area contributed by atoms with Crippen molar-refractivity contribution >= 4 is 10.0 Å². The van der Waals surface area contributed by atoms with Gasteiger partial charge in [0.25, 0.3) is 0 Å².